The molecule has 0 radical (unpaired) electrons. The molecule has 0 bridgehead atoms. The molecule has 2 atom stereocenters. The number of aromatic nitrogens is 2. The number of rotatable bonds is 4. The van der Waals surface area contributed by atoms with Crippen LogP contribution in [0.2, 0.25) is 0 Å². The lowest BCUT2D eigenvalue weighted by Crippen LogP contribution is -2.19. The summed E-state index contributed by atoms with van der Waals surface area (Å²) in [6, 6.07) is -0.118. The average Bonchev–Trinajstić information content (AvgIpc) is 2.96. The SMILES string of the molecule is CCC(C)C(N)c1nc(C2CCCC2)no1. The van der Waals surface area contributed by atoms with Crippen LogP contribution in [0.15, 0.2) is 4.52 Å². The van der Waals surface area contributed by atoms with Crippen LogP contribution in [0.25, 0.3) is 0 Å². The van der Waals surface area contributed by atoms with Crippen LogP contribution in [0.5, 0.6) is 0 Å². The third kappa shape index (κ3) is 2.26. The molecule has 0 aliphatic heterocycles. The highest BCUT2D eigenvalue weighted by molar-refractivity contribution is 5.00. The number of hydrogen-bond acceptors (Lipinski definition) is 4. The molecule has 1 aliphatic carbocycles. The molecule has 2 unspecified atom stereocenters. The maximum Gasteiger partial charge on any atom is 0.243 e. The van der Waals surface area contributed by atoms with Crippen LogP contribution in [0.4, 0.5) is 0 Å². The zero-order valence-corrected chi connectivity index (χ0v) is 10.1. The van der Waals surface area contributed by atoms with Crippen molar-refractivity contribution in [2.24, 2.45) is 11.7 Å². The topological polar surface area (TPSA) is 64.9 Å². The van der Waals surface area contributed by atoms with Crippen molar-refractivity contribution in [1.82, 2.24) is 10.1 Å². The smallest absolute Gasteiger partial charge is 0.243 e. The minimum Gasteiger partial charge on any atom is -0.338 e. The molecular formula is C12H21N3O. The maximum absolute atomic E-state index is 6.06. The van der Waals surface area contributed by atoms with E-state index in [-0.39, 0.29) is 6.04 Å². The Kier molecular flexibility index (Phi) is 3.59. The van der Waals surface area contributed by atoms with E-state index in [9.17, 15) is 0 Å². The van der Waals surface area contributed by atoms with E-state index in [0.717, 1.165) is 12.2 Å². The van der Waals surface area contributed by atoms with Crippen molar-refractivity contribution >= 4 is 0 Å². The van der Waals surface area contributed by atoms with Crippen molar-refractivity contribution in [2.45, 2.75) is 57.9 Å². The van der Waals surface area contributed by atoms with E-state index in [0.29, 0.717) is 17.7 Å². The van der Waals surface area contributed by atoms with Crippen LogP contribution in [0.1, 0.15) is 69.6 Å². The fourth-order valence-electron chi connectivity index (χ4n) is 2.23. The molecule has 4 heteroatoms. The van der Waals surface area contributed by atoms with Gasteiger partial charge in [-0.25, -0.2) is 0 Å². The zero-order chi connectivity index (χ0) is 11.5. The summed E-state index contributed by atoms with van der Waals surface area (Å²) in [7, 11) is 0. The normalized spacial score (nSPS) is 21.2. The second-order valence-electron chi connectivity index (χ2n) is 4.88. The Hall–Kier alpha value is -0.900. The van der Waals surface area contributed by atoms with Gasteiger partial charge in [-0.2, -0.15) is 4.98 Å². The fraction of sp³-hybridized carbons (Fsp3) is 0.833. The molecule has 16 heavy (non-hydrogen) atoms. The minimum absolute atomic E-state index is 0.118. The summed E-state index contributed by atoms with van der Waals surface area (Å²) in [5, 5.41) is 4.07. The molecule has 1 aromatic rings. The van der Waals surface area contributed by atoms with Crippen molar-refractivity contribution in [3.63, 3.8) is 0 Å². The predicted octanol–water partition coefficient (Wildman–Crippen LogP) is 2.77. The first kappa shape index (κ1) is 11.6. The van der Waals surface area contributed by atoms with Crippen molar-refractivity contribution in [1.29, 1.82) is 0 Å². The molecule has 0 aromatic carbocycles. The largest absolute Gasteiger partial charge is 0.338 e. The van der Waals surface area contributed by atoms with Gasteiger partial charge in [0.2, 0.25) is 5.89 Å². The van der Waals surface area contributed by atoms with Crippen LogP contribution < -0.4 is 5.73 Å². The molecule has 4 nitrogen and oxygen atoms in total. The van der Waals surface area contributed by atoms with E-state index in [1.165, 1.54) is 25.7 Å². The quantitative estimate of drug-likeness (QED) is 0.852. The molecule has 2 rings (SSSR count). The van der Waals surface area contributed by atoms with Crippen LogP contribution in [0, 0.1) is 5.92 Å². The van der Waals surface area contributed by atoms with Crippen LogP contribution in [-0.2, 0) is 0 Å². The van der Waals surface area contributed by atoms with Crippen LogP contribution in [0.3, 0.4) is 0 Å². The monoisotopic (exact) mass is 223 g/mol. The molecule has 1 fully saturated rings. The Morgan fingerprint density at radius 1 is 1.44 bits per heavy atom. The first-order valence-electron chi connectivity index (χ1n) is 6.31. The van der Waals surface area contributed by atoms with E-state index in [1.807, 2.05) is 0 Å². The van der Waals surface area contributed by atoms with E-state index < -0.39 is 0 Å². The second-order valence-corrected chi connectivity index (χ2v) is 4.88. The van der Waals surface area contributed by atoms with Gasteiger partial charge in [0.05, 0.1) is 6.04 Å². The van der Waals surface area contributed by atoms with Gasteiger partial charge >= 0.3 is 0 Å². The molecule has 90 valence electrons. The first-order chi connectivity index (χ1) is 7.72. The van der Waals surface area contributed by atoms with Crippen molar-refractivity contribution in [3.05, 3.63) is 11.7 Å². The molecule has 1 saturated carbocycles. The van der Waals surface area contributed by atoms with Crippen molar-refractivity contribution in [2.75, 3.05) is 0 Å². The highest BCUT2D eigenvalue weighted by Gasteiger charge is 2.25. The Bertz CT molecular complexity index is 331. The summed E-state index contributed by atoms with van der Waals surface area (Å²) in [4.78, 5) is 4.46. The lowest BCUT2D eigenvalue weighted by molar-refractivity contribution is 0.309. The molecule has 1 aliphatic rings. The van der Waals surface area contributed by atoms with Gasteiger partial charge in [0, 0.05) is 5.92 Å². The molecule has 0 amide bonds. The first-order valence-corrected chi connectivity index (χ1v) is 6.31. The van der Waals surface area contributed by atoms with Gasteiger partial charge in [0.25, 0.3) is 0 Å². The van der Waals surface area contributed by atoms with E-state index >= 15 is 0 Å². The minimum atomic E-state index is -0.118. The average molecular weight is 223 g/mol. The molecule has 0 saturated heterocycles. The maximum atomic E-state index is 6.06. The fourth-order valence-corrected chi connectivity index (χ4v) is 2.23. The summed E-state index contributed by atoms with van der Waals surface area (Å²) in [6.45, 7) is 4.24. The molecule has 1 heterocycles. The van der Waals surface area contributed by atoms with Gasteiger partial charge in [-0.05, 0) is 18.8 Å². The van der Waals surface area contributed by atoms with Crippen molar-refractivity contribution in [3.8, 4) is 0 Å². The van der Waals surface area contributed by atoms with E-state index in [1.54, 1.807) is 0 Å². The summed E-state index contributed by atoms with van der Waals surface area (Å²) < 4.78 is 5.28. The molecule has 0 spiro atoms. The predicted molar refractivity (Wildman–Crippen MR) is 61.9 cm³/mol. The lowest BCUT2D eigenvalue weighted by atomic mass is 10.0. The number of nitrogens with zero attached hydrogens (tertiary/aromatic N) is 2. The van der Waals surface area contributed by atoms with Crippen molar-refractivity contribution < 1.29 is 4.52 Å². The third-order valence-electron chi connectivity index (χ3n) is 3.72. The Balaban J connectivity index is 2.06. The molecule has 1 aromatic heterocycles. The summed E-state index contributed by atoms with van der Waals surface area (Å²) in [6.07, 6.45) is 5.98. The number of nitrogens with two attached hydrogens (primary N) is 1. The Morgan fingerprint density at radius 2 is 2.12 bits per heavy atom. The molecular weight excluding hydrogens is 202 g/mol. The van der Waals surface area contributed by atoms with Gasteiger partial charge in [-0.15, -0.1) is 0 Å². The van der Waals surface area contributed by atoms with Gasteiger partial charge in [-0.3, -0.25) is 0 Å². The number of hydrogen-bond donors (Lipinski definition) is 1. The van der Waals surface area contributed by atoms with Gasteiger partial charge in [0.1, 0.15) is 0 Å². The highest BCUT2D eigenvalue weighted by Crippen LogP contribution is 2.33. The molecule has 2 N–H and O–H groups in total. The lowest BCUT2D eigenvalue weighted by Gasteiger charge is -2.13. The van der Waals surface area contributed by atoms with Gasteiger partial charge < -0.3 is 10.3 Å². The highest BCUT2D eigenvalue weighted by atomic mass is 16.5. The Labute approximate surface area is 96.6 Å². The summed E-state index contributed by atoms with van der Waals surface area (Å²) in [5.41, 5.74) is 6.06. The second kappa shape index (κ2) is 4.95. The Morgan fingerprint density at radius 3 is 2.75 bits per heavy atom. The zero-order valence-electron chi connectivity index (χ0n) is 10.1. The van der Waals surface area contributed by atoms with Crippen LogP contribution >= 0.6 is 0 Å². The van der Waals surface area contributed by atoms with Crippen LogP contribution in [-0.4, -0.2) is 10.1 Å². The van der Waals surface area contributed by atoms with Gasteiger partial charge in [0.15, 0.2) is 5.82 Å². The standard InChI is InChI=1S/C12H21N3O/c1-3-8(2)10(13)12-14-11(15-16-12)9-6-4-5-7-9/h8-10H,3-7,13H2,1-2H3. The summed E-state index contributed by atoms with van der Waals surface area (Å²) >= 11 is 0. The third-order valence-corrected chi connectivity index (χ3v) is 3.72. The van der Waals surface area contributed by atoms with E-state index in [2.05, 4.69) is 24.0 Å². The van der Waals surface area contributed by atoms with Gasteiger partial charge in [-0.1, -0.05) is 38.3 Å². The van der Waals surface area contributed by atoms with E-state index in [4.69, 9.17) is 10.3 Å². The summed E-state index contributed by atoms with van der Waals surface area (Å²) in [5.74, 6) is 2.36.